The second kappa shape index (κ2) is 7.81. The predicted octanol–water partition coefficient (Wildman–Crippen LogP) is 3.80. The van der Waals surface area contributed by atoms with Crippen LogP contribution >= 0.6 is 23.8 Å². The number of hydrogen-bond donors (Lipinski definition) is 1. The van der Waals surface area contributed by atoms with Crippen LogP contribution in [0.25, 0.3) is 11.8 Å². The van der Waals surface area contributed by atoms with Crippen LogP contribution in [-0.4, -0.2) is 26.7 Å². The van der Waals surface area contributed by atoms with Crippen molar-refractivity contribution in [3.05, 3.63) is 82.4 Å². The third-order valence-electron chi connectivity index (χ3n) is 4.61. The molecule has 30 heavy (non-hydrogen) atoms. The van der Waals surface area contributed by atoms with E-state index in [1.807, 2.05) is 0 Å². The first-order chi connectivity index (χ1) is 14.3. The third-order valence-corrected chi connectivity index (χ3v) is 5.14. The number of amides is 2. The number of carbonyl (C=O) groups excluding carboxylic acids is 2. The van der Waals surface area contributed by atoms with Crippen molar-refractivity contribution in [1.29, 1.82) is 0 Å². The van der Waals surface area contributed by atoms with E-state index >= 15 is 0 Å². The summed E-state index contributed by atoms with van der Waals surface area (Å²) < 4.78 is 14.8. The van der Waals surface area contributed by atoms with Crippen LogP contribution in [0.1, 0.15) is 11.3 Å². The van der Waals surface area contributed by atoms with Gasteiger partial charge in [-0.3, -0.25) is 19.8 Å². The van der Waals surface area contributed by atoms with Gasteiger partial charge in [0, 0.05) is 16.3 Å². The number of thiocarbonyl (C=S) groups is 1. The van der Waals surface area contributed by atoms with Gasteiger partial charge in [0.2, 0.25) is 0 Å². The van der Waals surface area contributed by atoms with Crippen LogP contribution in [0.5, 0.6) is 0 Å². The molecule has 1 N–H and O–H groups in total. The molecule has 0 saturated carbocycles. The smallest absolute Gasteiger partial charge is 0.270 e. The first kappa shape index (κ1) is 19.9. The van der Waals surface area contributed by atoms with Crippen LogP contribution in [0, 0.1) is 12.7 Å². The van der Waals surface area contributed by atoms with E-state index in [9.17, 15) is 14.0 Å². The van der Waals surface area contributed by atoms with E-state index in [1.165, 1.54) is 29.3 Å². The summed E-state index contributed by atoms with van der Waals surface area (Å²) in [6, 6.07) is 12.4. The van der Waals surface area contributed by atoms with Gasteiger partial charge in [0.25, 0.3) is 11.8 Å². The molecule has 4 rings (SSSR count). The maximum absolute atomic E-state index is 13.2. The zero-order chi connectivity index (χ0) is 21.4. The Kier molecular flexibility index (Phi) is 5.19. The SMILES string of the molecule is Cc1c(/C=C2\C(=O)NC(=S)N(c3ccc(Cl)cc3)C2=O)cnn1-c1ccc(F)cc1. The lowest BCUT2D eigenvalue weighted by molar-refractivity contribution is -0.122. The van der Waals surface area contributed by atoms with E-state index in [4.69, 9.17) is 23.8 Å². The van der Waals surface area contributed by atoms with E-state index in [-0.39, 0.29) is 16.5 Å². The van der Waals surface area contributed by atoms with Crippen LogP contribution in [-0.2, 0) is 9.59 Å². The summed E-state index contributed by atoms with van der Waals surface area (Å²) in [6.07, 6.45) is 3.00. The summed E-state index contributed by atoms with van der Waals surface area (Å²) in [6.45, 7) is 1.79. The summed E-state index contributed by atoms with van der Waals surface area (Å²) in [5.41, 5.74) is 2.31. The Bertz CT molecular complexity index is 1200. The Morgan fingerprint density at radius 1 is 1.07 bits per heavy atom. The molecule has 0 spiro atoms. The standard InChI is InChI=1S/C21H14ClFN4O2S/c1-12-13(11-24-27(12)17-8-4-15(23)5-9-17)10-18-19(28)25-21(30)26(20(18)29)16-6-2-14(22)3-7-16/h2-11H,1H3,(H,25,28,30)/b18-10+. The number of halogens is 2. The van der Waals surface area contributed by atoms with E-state index < -0.39 is 11.8 Å². The van der Waals surface area contributed by atoms with Crippen molar-refractivity contribution in [3.63, 3.8) is 0 Å². The average Bonchev–Trinajstić information content (AvgIpc) is 3.07. The van der Waals surface area contributed by atoms with Crippen molar-refractivity contribution in [1.82, 2.24) is 15.1 Å². The maximum Gasteiger partial charge on any atom is 0.270 e. The summed E-state index contributed by atoms with van der Waals surface area (Å²) in [5, 5.41) is 7.32. The minimum Gasteiger partial charge on any atom is -0.298 e. The lowest BCUT2D eigenvalue weighted by Crippen LogP contribution is -2.54. The van der Waals surface area contributed by atoms with Crippen LogP contribution in [0.3, 0.4) is 0 Å². The van der Waals surface area contributed by atoms with Gasteiger partial charge >= 0.3 is 0 Å². The highest BCUT2D eigenvalue weighted by atomic mass is 35.5. The summed E-state index contributed by atoms with van der Waals surface area (Å²) in [4.78, 5) is 26.8. The van der Waals surface area contributed by atoms with Gasteiger partial charge in [-0.1, -0.05) is 11.6 Å². The van der Waals surface area contributed by atoms with Gasteiger partial charge in [0.05, 0.1) is 17.6 Å². The minimum atomic E-state index is -0.593. The molecule has 0 unspecified atom stereocenters. The molecular weight excluding hydrogens is 427 g/mol. The summed E-state index contributed by atoms with van der Waals surface area (Å²) >= 11 is 11.1. The second-order valence-electron chi connectivity index (χ2n) is 6.51. The van der Waals surface area contributed by atoms with Gasteiger partial charge < -0.3 is 0 Å². The number of benzene rings is 2. The van der Waals surface area contributed by atoms with Crippen molar-refractivity contribution in [2.24, 2.45) is 0 Å². The number of aromatic nitrogens is 2. The van der Waals surface area contributed by atoms with Crippen LogP contribution in [0.2, 0.25) is 5.02 Å². The van der Waals surface area contributed by atoms with Crippen molar-refractivity contribution < 1.29 is 14.0 Å². The molecule has 1 saturated heterocycles. The number of carbonyl (C=O) groups is 2. The molecule has 0 aliphatic carbocycles. The predicted molar refractivity (Wildman–Crippen MR) is 116 cm³/mol. The fourth-order valence-electron chi connectivity index (χ4n) is 3.04. The lowest BCUT2D eigenvalue weighted by atomic mass is 10.1. The third kappa shape index (κ3) is 3.62. The molecule has 150 valence electrons. The molecule has 3 aromatic rings. The largest absolute Gasteiger partial charge is 0.298 e. The Labute approximate surface area is 181 Å². The van der Waals surface area contributed by atoms with Crippen LogP contribution < -0.4 is 10.2 Å². The van der Waals surface area contributed by atoms with E-state index in [2.05, 4.69) is 10.4 Å². The summed E-state index contributed by atoms with van der Waals surface area (Å²) in [5.74, 6) is -1.50. The zero-order valence-corrected chi connectivity index (χ0v) is 17.2. The number of rotatable bonds is 3. The molecule has 1 aliphatic heterocycles. The number of anilines is 1. The molecule has 1 fully saturated rings. The second-order valence-corrected chi connectivity index (χ2v) is 7.33. The Hall–Kier alpha value is -3.36. The monoisotopic (exact) mass is 440 g/mol. The normalized spacial score (nSPS) is 15.6. The molecule has 1 aromatic heterocycles. The topological polar surface area (TPSA) is 67.2 Å². The highest BCUT2D eigenvalue weighted by Gasteiger charge is 2.34. The molecule has 2 aromatic carbocycles. The van der Waals surface area contributed by atoms with Gasteiger partial charge in [-0.2, -0.15) is 5.10 Å². The molecule has 0 atom stereocenters. The van der Waals surface area contributed by atoms with Gasteiger partial charge in [-0.25, -0.2) is 9.07 Å². The number of nitrogens with one attached hydrogen (secondary N) is 1. The molecule has 0 radical (unpaired) electrons. The van der Waals surface area contributed by atoms with Crippen molar-refractivity contribution in [2.75, 3.05) is 4.90 Å². The van der Waals surface area contributed by atoms with Crippen molar-refractivity contribution >= 4 is 52.5 Å². The highest BCUT2D eigenvalue weighted by molar-refractivity contribution is 7.80. The molecule has 9 heteroatoms. The Balaban J connectivity index is 1.71. The van der Waals surface area contributed by atoms with Crippen molar-refractivity contribution in [3.8, 4) is 5.69 Å². The van der Waals surface area contributed by atoms with Gasteiger partial charge in [-0.15, -0.1) is 0 Å². The van der Waals surface area contributed by atoms with Crippen LogP contribution in [0.15, 0.2) is 60.3 Å². The number of hydrogen-bond acceptors (Lipinski definition) is 4. The van der Waals surface area contributed by atoms with Gasteiger partial charge in [0.1, 0.15) is 11.4 Å². The molecule has 2 amide bonds. The number of nitrogens with zero attached hydrogens (tertiary/aromatic N) is 3. The lowest BCUT2D eigenvalue weighted by Gasteiger charge is -2.28. The first-order valence-electron chi connectivity index (χ1n) is 8.83. The first-order valence-corrected chi connectivity index (χ1v) is 9.61. The fraction of sp³-hybridized carbons (Fsp3) is 0.0476. The average molecular weight is 441 g/mol. The maximum atomic E-state index is 13.2. The zero-order valence-electron chi connectivity index (χ0n) is 15.6. The molecule has 6 nitrogen and oxygen atoms in total. The van der Waals surface area contributed by atoms with E-state index in [0.717, 1.165) is 0 Å². The fourth-order valence-corrected chi connectivity index (χ4v) is 3.45. The Morgan fingerprint density at radius 2 is 1.70 bits per heavy atom. The van der Waals surface area contributed by atoms with Gasteiger partial charge in [0.15, 0.2) is 5.11 Å². The van der Waals surface area contributed by atoms with Crippen molar-refractivity contribution in [2.45, 2.75) is 6.92 Å². The highest BCUT2D eigenvalue weighted by Crippen LogP contribution is 2.24. The molecule has 2 heterocycles. The molecule has 0 bridgehead atoms. The summed E-state index contributed by atoms with van der Waals surface area (Å²) in [7, 11) is 0. The minimum absolute atomic E-state index is 0.0109. The molecule has 1 aliphatic rings. The van der Waals surface area contributed by atoms with E-state index in [1.54, 1.807) is 48.0 Å². The van der Waals surface area contributed by atoms with Gasteiger partial charge in [-0.05, 0) is 73.7 Å². The van der Waals surface area contributed by atoms with Crippen LogP contribution in [0.4, 0.5) is 10.1 Å². The Morgan fingerprint density at radius 3 is 2.37 bits per heavy atom. The molecular formula is C21H14ClFN4O2S. The quantitative estimate of drug-likeness (QED) is 0.382. The van der Waals surface area contributed by atoms with E-state index in [0.29, 0.717) is 27.7 Å².